The molecular formula is C23H23Cl2N3O6S2. The molecule has 1 aromatic heterocycles. The first-order chi connectivity index (χ1) is 17.2. The fraction of sp³-hybridized carbons (Fsp3) is 0.348. The molecule has 0 N–H and O–H groups in total. The maximum Gasteiger partial charge on any atom is 0.326 e. The van der Waals surface area contributed by atoms with Crippen LogP contribution in [0.2, 0.25) is 10.0 Å². The van der Waals surface area contributed by atoms with E-state index in [9.17, 15) is 18.0 Å². The van der Waals surface area contributed by atoms with Gasteiger partial charge in [0.15, 0.2) is 4.80 Å². The summed E-state index contributed by atoms with van der Waals surface area (Å²) in [4.78, 5) is 30.1. The molecule has 0 spiro atoms. The number of halogens is 2. The van der Waals surface area contributed by atoms with Crippen LogP contribution in [0, 0.1) is 0 Å². The number of esters is 1. The first-order valence-electron chi connectivity index (χ1n) is 11.0. The molecule has 1 aliphatic heterocycles. The molecular weight excluding hydrogens is 549 g/mol. The monoisotopic (exact) mass is 571 g/mol. The summed E-state index contributed by atoms with van der Waals surface area (Å²) in [6.07, 6.45) is 0.830. The van der Waals surface area contributed by atoms with Gasteiger partial charge in [-0.15, -0.1) is 0 Å². The van der Waals surface area contributed by atoms with Crippen LogP contribution in [-0.2, 0) is 30.9 Å². The number of benzene rings is 2. The number of nitrogens with zero attached hydrogens (tertiary/aromatic N) is 3. The summed E-state index contributed by atoms with van der Waals surface area (Å²) in [5.41, 5.74) is 0.447. The Hall–Kier alpha value is -2.44. The van der Waals surface area contributed by atoms with Crippen LogP contribution < -0.4 is 9.54 Å². The molecule has 1 aliphatic rings. The predicted molar refractivity (Wildman–Crippen MR) is 137 cm³/mol. The number of rotatable bonds is 7. The van der Waals surface area contributed by atoms with Crippen LogP contribution in [0.1, 0.15) is 19.8 Å². The van der Waals surface area contributed by atoms with Crippen LogP contribution in [0.25, 0.3) is 10.2 Å². The van der Waals surface area contributed by atoms with Crippen LogP contribution >= 0.6 is 34.5 Å². The maximum absolute atomic E-state index is 13.3. The van der Waals surface area contributed by atoms with Gasteiger partial charge in [0, 0.05) is 6.54 Å². The molecule has 9 nitrogen and oxygen atoms in total. The average molecular weight is 572 g/mol. The second-order valence-corrected chi connectivity index (χ2v) is 11.6. The van der Waals surface area contributed by atoms with Crippen molar-refractivity contribution in [2.24, 2.45) is 4.99 Å². The van der Waals surface area contributed by atoms with Gasteiger partial charge >= 0.3 is 5.97 Å². The molecule has 13 heteroatoms. The molecule has 0 radical (unpaired) electrons. The van der Waals surface area contributed by atoms with Crippen molar-refractivity contribution in [1.82, 2.24) is 8.87 Å². The summed E-state index contributed by atoms with van der Waals surface area (Å²) in [5, 5.41) is 0.712. The fourth-order valence-electron chi connectivity index (χ4n) is 4.01. The van der Waals surface area contributed by atoms with Crippen molar-refractivity contribution in [1.29, 1.82) is 0 Å². The Labute approximate surface area is 221 Å². The van der Waals surface area contributed by atoms with Gasteiger partial charge in [-0.25, -0.2) is 8.42 Å². The topological polar surface area (TPSA) is 107 Å². The van der Waals surface area contributed by atoms with E-state index in [0.717, 1.165) is 11.3 Å². The van der Waals surface area contributed by atoms with Crippen LogP contribution in [0.4, 0.5) is 0 Å². The molecule has 36 heavy (non-hydrogen) atoms. The van der Waals surface area contributed by atoms with E-state index < -0.39 is 27.9 Å². The van der Waals surface area contributed by atoms with E-state index >= 15 is 0 Å². The van der Waals surface area contributed by atoms with Crippen LogP contribution in [0.3, 0.4) is 0 Å². The lowest BCUT2D eigenvalue weighted by Crippen LogP contribution is -2.40. The number of carbonyl (C=O) groups excluding carboxylic acids is 2. The quantitative estimate of drug-likeness (QED) is 0.398. The Morgan fingerprint density at radius 2 is 1.83 bits per heavy atom. The zero-order valence-corrected chi connectivity index (χ0v) is 22.6. The summed E-state index contributed by atoms with van der Waals surface area (Å²) in [6, 6.07) is 8.20. The lowest BCUT2D eigenvalue weighted by Gasteiger charge is -2.21. The molecule has 1 fully saturated rings. The summed E-state index contributed by atoms with van der Waals surface area (Å²) in [7, 11) is -2.46. The van der Waals surface area contributed by atoms with Crippen LogP contribution in [-0.4, -0.2) is 55.5 Å². The maximum atomic E-state index is 13.3. The molecule has 192 valence electrons. The number of methoxy groups -OCH3 is 1. The van der Waals surface area contributed by atoms with Gasteiger partial charge in [-0.1, -0.05) is 34.5 Å². The van der Waals surface area contributed by atoms with E-state index in [1.54, 1.807) is 31.2 Å². The van der Waals surface area contributed by atoms with E-state index in [2.05, 4.69) is 4.99 Å². The van der Waals surface area contributed by atoms with Gasteiger partial charge in [0.25, 0.3) is 5.91 Å². The highest BCUT2D eigenvalue weighted by molar-refractivity contribution is 7.89. The second kappa shape index (κ2) is 10.9. The van der Waals surface area contributed by atoms with Crippen LogP contribution in [0.15, 0.2) is 46.3 Å². The summed E-state index contributed by atoms with van der Waals surface area (Å²) in [6.45, 7) is 1.82. The molecule has 1 atom stereocenters. The number of sulfonamides is 1. The molecule has 2 aromatic carbocycles. The smallest absolute Gasteiger partial charge is 0.326 e. The number of hydrogen-bond donors (Lipinski definition) is 0. The Morgan fingerprint density at radius 3 is 2.50 bits per heavy atom. The lowest BCUT2D eigenvalue weighted by molar-refractivity contribution is -0.143. The van der Waals surface area contributed by atoms with E-state index in [0.29, 0.717) is 38.9 Å². The molecule has 4 rings (SSSR count). The molecule has 1 saturated heterocycles. The number of aromatic nitrogens is 1. The number of amides is 1. The van der Waals surface area contributed by atoms with E-state index in [-0.39, 0.29) is 29.4 Å². The highest BCUT2D eigenvalue weighted by atomic mass is 35.5. The minimum Gasteiger partial charge on any atom is -0.497 e. The Balaban J connectivity index is 1.74. The molecule has 1 amide bonds. The Kier molecular flexibility index (Phi) is 8.06. The van der Waals surface area contributed by atoms with E-state index in [1.165, 1.54) is 28.1 Å². The van der Waals surface area contributed by atoms with E-state index in [4.69, 9.17) is 32.7 Å². The van der Waals surface area contributed by atoms with Gasteiger partial charge in [-0.05, 0) is 56.2 Å². The van der Waals surface area contributed by atoms with Crippen molar-refractivity contribution in [3.8, 4) is 5.75 Å². The summed E-state index contributed by atoms with van der Waals surface area (Å²) in [5.74, 6) is -0.654. The van der Waals surface area contributed by atoms with Crippen LogP contribution in [0.5, 0.6) is 5.75 Å². The molecule has 1 unspecified atom stereocenters. The number of fused-ring (bicyclic) bond motifs is 1. The van der Waals surface area contributed by atoms with Gasteiger partial charge in [-0.3, -0.25) is 9.59 Å². The van der Waals surface area contributed by atoms with Gasteiger partial charge in [0.05, 0.1) is 38.9 Å². The highest BCUT2D eigenvalue weighted by Crippen LogP contribution is 2.32. The number of hydrogen-bond acceptors (Lipinski definition) is 7. The largest absolute Gasteiger partial charge is 0.497 e. The van der Waals surface area contributed by atoms with Crippen molar-refractivity contribution in [3.05, 3.63) is 51.2 Å². The molecule has 3 aromatic rings. The minimum atomic E-state index is -3.95. The van der Waals surface area contributed by atoms with Gasteiger partial charge < -0.3 is 14.0 Å². The third kappa shape index (κ3) is 5.16. The second-order valence-electron chi connectivity index (χ2n) is 7.88. The normalized spacial score (nSPS) is 17.0. The number of carbonyl (C=O) groups is 2. The first-order valence-corrected chi connectivity index (χ1v) is 14.1. The zero-order valence-electron chi connectivity index (χ0n) is 19.4. The van der Waals surface area contributed by atoms with Crippen molar-refractivity contribution in [2.75, 3.05) is 20.3 Å². The van der Waals surface area contributed by atoms with Crippen molar-refractivity contribution in [3.63, 3.8) is 0 Å². The number of ether oxygens (including phenoxy) is 2. The third-order valence-electron chi connectivity index (χ3n) is 5.68. The standard InChI is InChI=1S/C23H23Cl2N3O6S2/c1-3-34-19(29)13-27-20-16(24)10-11-17(25)21(20)35-23(27)26-22(30)18-5-4-12-28(18)36(31,32)15-8-6-14(33-2)7-9-15/h6-11,18H,3-5,12-13H2,1-2H3. The molecule has 0 bridgehead atoms. The van der Waals surface area contributed by atoms with Gasteiger partial charge in [0.2, 0.25) is 10.0 Å². The molecule has 0 aliphatic carbocycles. The highest BCUT2D eigenvalue weighted by Gasteiger charge is 2.39. The zero-order chi connectivity index (χ0) is 26.0. The Morgan fingerprint density at radius 1 is 1.14 bits per heavy atom. The fourth-order valence-corrected chi connectivity index (χ4v) is 7.31. The first kappa shape index (κ1) is 26.6. The minimum absolute atomic E-state index is 0.0563. The SMILES string of the molecule is CCOC(=O)Cn1c(=NC(=O)C2CCCN2S(=O)(=O)c2ccc(OC)cc2)sc2c(Cl)ccc(Cl)c21. The molecule has 2 heterocycles. The van der Waals surface area contributed by atoms with Gasteiger partial charge in [-0.2, -0.15) is 9.30 Å². The van der Waals surface area contributed by atoms with Crippen molar-refractivity contribution < 1.29 is 27.5 Å². The third-order valence-corrected chi connectivity index (χ3v) is 9.45. The van der Waals surface area contributed by atoms with Crippen molar-refractivity contribution >= 4 is 66.7 Å². The average Bonchev–Trinajstić information content (AvgIpc) is 3.49. The van der Waals surface area contributed by atoms with E-state index in [1.807, 2.05) is 0 Å². The predicted octanol–water partition coefficient (Wildman–Crippen LogP) is 3.86. The summed E-state index contributed by atoms with van der Waals surface area (Å²) >= 11 is 13.8. The van der Waals surface area contributed by atoms with Crippen molar-refractivity contribution in [2.45, 2.75) is 37.2 Å². The Bertz CT molecular complexity index is 1480. The molecule has 0 saturated carbocycles. The lowest BCUT2D eigenvalue weighted by atomic mass is 10.2. The summed E-state index contributed by atoms with van der Waals surface area (Å²) < 4.78 is 40.0. The number of thiazole rings is 1. The van der Waals surface area contributed by atoms with Gasteiger partial charge in [0.1, 0.15) is 18.3 Å².